The summed E-state index contributed by atoms with van der Waals surface area (Å²) in [7, 11) is 0. The first-order valence-corrected chi connectivity index (χ1v) is 7.84. The van der Waals surface area contributed by atoms with Gasteiger partial charge < -0.3 is 19.6 Å². The lowest BCUT2D eigenvalue weighted by Crippen LogP contribution is -2.41. The van der Waals surface area contributed by atoms with Crippen LogP contribution in [-0.4, -0.2) is 29.6 Å². The predicted molar refractivity (Wildman–Crippen MR) is 75.3 cm³/mol. The van der Waals surface area contributed by atoms with Crippen LogP contribution >= 0.6 is 0 Å². The molecular formula is C16H19NO5. The van der Waals surface area contributed by atoms with Crippen LogP contribution in [0, 0.1) is 17.8 Å². The third-order valence-corrected chi connectivity index (χ3v) is 5.43. The third kappa shape index (κ3) is 2.13. The van der Waals surface area contributed by atoms with Crippen LogP contribution < -0.4 is 5.32 Å². The summed E-state index contributed by atoms with van der Waals surface area (Å²) in [6.45, 7) is 1.11. The maximum Gasteiger partial charge on any atom is 0.306 e. The van der Waals surface area contributed by atoms with E-state index in [1.165, 1.54) is 0 Å². The highest BCUT2D eigenvalue weighted by atomic mass is 16.5. The van der Waals surface area contributed by atoms with Crippen LogP contribution in [-0.2, 0) is 22.6 Å². The minimum absolute atomic E-state index is 0.0775. The third-order valence-electron chi connectivity index (χ3n) is 5.43. The molecule has 0 unspecified atom stereocenters. The smallest absolute Gasteiger partial charge is 0.306 e. The molecule has 4 rings (SSSR count). The molecule has 22 heavy (non-hydrogen) atoms. The minimum atomic E-state index is -0.697. The van der Waals surface area contributed by atoms with Gasteiger partial charge in [0.15, 0.2) is 5.76 Å². The van der Waals surface area contributed by atoms with Gasteiger partial charge >= 0.3 is 5.97 Å². The minimum Gasteiger partial charge on any atom is -0.481 e. The van der Waals surface area contributed by atoms with E-state index >= 15 is 0 Å². The number of carboxylic acids is 1. The Hall–Kier alpha value is -1.82. The van der Waals surface area contributed by atoms with Crippen molar-refractivity contribution in [2.45, 2.75) is 38.3 Å². The van der Waals surface area contributed by atoms with Gasteiger partial charge in [0.05, 0.1) is 25.4 Å². The molecule has 1 amide bonds. The van der Waals surface area contributed by atoms with Gasteiger partial charge in [-0.25, -0.2) is 0 Å². The van der Waals surface area contributed by atoms with E-state index in [0.717, 1.165) is 24.0 Å². The summed E-state index contributed by atoms with van der Waals surface area (Å²) in [5.41, 5.74) is 1.91. The van der Waals surface area contributed by atoms with E-state index in [9.17, 15) is 14.7 Å². The molecule has 6 nitrogen and oxygen atoms in total. The van der Waals surface area contributed by atoms with Crippen LogP contribution in [0.1, 0.15) is 40.9 Å². The number of hydrogen-bond donors (Lipinski definition) is 2. The molecule has 0 aromatic carbocycles. The summed E-state index contributed by atoms with van der Waals surface area (Å²) in [6.07, 6.45) is 4.65. The summed E-state index contributed by atoms with van der Waals surface area (Å²) >= 11 is 0. The fraction of sp³-hybridized carbons (Fsp3) is 0.625. The lowest BCUT2D eigenvalue weighted by Gasteiger charge is -2.26. The number of hydrogen-bond acceptors (Lipinski definition) is 4. The molecule has 3 aliphatic rings. The van der Waals surface area contributed by atoms with E-state index < -0.39 is 5.97 Å². The van der Waals surface area contributed by atoms with Crippen LogP contribution in [0.15, 0.2) is 10.7 Å². The van der Waals surface area contributed by atoms with Crippen molar-refractivity contribution in [3.05, 3.63) is 23.2 Å². The number of amides is 1. The van der Waals surface area contributed by atoms with E-state index in [0.29, 0.717) is 31.8 Å². The standard InChI is InChI=1S/C16H19NO5/c18-15(14-11-1-2-21-6-10(11)7-22-14)17-13-5-8-3-9(13)4-12(8)16(19)20/h7-9,12-13H,1-6H2,(H,17,18)(H,19,20)/t8-,9-,12-,13-/m1/s1. The van der Waals surface area contributed by atoms with Crippen molar-refractivity contribution in [2.75, 3.05) is 6.61 Å². The van der Waals surface area contributed by atoms with Crippen molar-refractivity contribution in [3.63, 3.8) is 0 Å². The second kappa shape index (κ2) is 5.12. The van der Waals surface area contributed by atoms with E-state index in [1.807, 2.05) is 0 Å². The Morgan fingerprint density at radius 2 is 2.09 bits per heavy atom. The normalized spacial score (nSPS) is 32.7. The average molecular weight is 305 g/mol. The lowest BCUT2D eigenvalue weighted by molar-refractivity contribution is -0.143. The number of furan rings is 1. The molecule has 1 aliphatic heterocycles. The van der Waals surface area contributed by atoms with Gasteiger partial charge in [-0.3, -0.25) is 9.59 Å². The molecule has 4 atom stereocenters. The summed E-state index contributed by atoms with van der Waals surface area (Å²) in [6, 6.07) is 0.0775. The van der Waals surface area contributed by atoms with Crippen molar-refractivity contribution in [3.8, 4) is 0 Å². The number of aliphatic carboxylic acids is 1. The predicted octanol–water partition coefficient (Wildman–Crippen LogP) is 1.58. The molecule has 0 radical (unpaired) electrons. The van der Waals surface area contributed by atoms with Gasteiger partial charge in [0.1, 0.15) is 0 Å². The van der Waals surface area contributed by atoms with Crippen molar-refractivity contribution in [2.24, 2.45) is 17.8 Å². The number of ether oxygens (including phenoxy) is 1. The lowest BCUT2D eigenvalue weighted by atomic mass is 9.86. The second-order valence-electron chi connectivity index (χ2n) is 6.62. The zero-order valence-electron chi connectivity index (χ0n) is 12.2. The van der Waals surface area contributed by atoms with E-state index in [4.69, 9.17) is 9.15 Å². The largest absolute Gasteiger partial charge is 0.481 e. The van der Waals surface area contributed by atoms with E-state index in [1.54, 1.807) is 6.26 Å². The van der Waals surface area contributed by atoms with Gasteiger partial charge in [0.2, 0.25) is 0 Å². The molecular weight excluding hydrogens is 286 g/mol. The SMILES string of the molecule is O=C(N[C@@H]1C[C@H]2C[C@@H]1C[C@H]2C(=O)O)c1occ2c1CCOC2. The molecule has 2 bridgehead atoms. The zero-order chi connectivity index (χ0) is 15.3. The topological polar surface area (TPSA) is 88.8 Å². The number of fused-ring (bicyclic) bond motifs is 3. The summed E-state index contributed by atoms with van der Waals surface area (Å²) < 4.78 is 10.8. The van der Waals surface area contributed by atoms with Crippen LogP contribution in [0.5, 0.6) is 0 Å². The van der Waals surface area contributed by atoms with Gasteiger partial charge in [-0.2, -0.15) is 0 Å². The van der Waals surface area contributed by atoms with Crippen molar-refractivity contribution >= 4 is 11.9 Å². The first kappa shape index (κ1) is 13.8. The average Bonchev–Trinajstić information content (AvgIpc) is 3.19. The summed E-state index contributed by atoms with van der Waals surface area (Å²) in [5.74, 6) is -0.219. The molecule has 2 N–H and O–H groups in total. The molecule has 118 valence electrons. The number of carbonyl (C=O) groups is 2. The Labute approximate surface area is 127 Å². The number of nitrogens with one attached hydrogen (secondary N) is 1. The Kier molecular flexibility index (Phi) is 3.22. The van der Waals surface area contributed by atoms with Crippen LogP contribution in [0.3, 0.4) is 0 Å². The number of carbonyl (C=O) groups excluding carboxylic acids is 1. The highest BCUT2D eigenvalue weighted by molar-refractivity contribution is 5.93. The van der Waals surface area contributed by atoms with Crippen molar-refractivity contribution in [1.29, 1.82) is 0 Å². The Morgan fingerprint density at radius 3 is 2.82 bits per heavy atom. The second-order valence-corrected chi connectivity index (χ2v) is 6.62. The maximum absolute atomic E-state index is 12.5. The summed E-state index contributed by atoms with van der Waals surface area (Å²) in [4.78, 5) is 23.6. The maximum atomic E-state index is 12.5. The fourth-order valence-corrected chi connectivity index (χ4v) is 4.35. The van der Waals surface area contributed by atoms with Crippen LogP contribution in [0.2, 0.25) is 0 Å². The molecule has 1 aromatic heterocycles. The Bertz CT molecular complexity index is 622. The zero-order valence-corrected chi connectivity index (χ0v) is 12.2. The molecule has 6 heteroatoms. The first-order valence-electron chi connectivity index (χ1n) is 7.84. The van der Waals surface area contributed by atoms with Gasteiger partial charge in [-0.1, -0.05) is 0 Å². The van der Waals surface area contributed by atoms with E-state index in [-0.39, 0.29) is 29.7 Å². The highest BCUT2D eigenvalue weighted by Gasteiger charge is 2.49. The number of carboxylic acid groups (broad SMARTS) is 1. The fourth-order valence-electron chi connectivity index (χ4n) is 4.35. The Balaban J connectivity index is 1.44. The molecule has 2 fully saturated rings. The van der Waals surface area contributed by atoms with E-state index in [2.05, 4.69) is 5.32 Å². The van der Waals surface area contributed by atoms with Gasteiger partial charge in [0, 0.05) is 23.6 Å². The molecule has 2 saturated carbocycles. The Morgan fingerprint density at radius 1 is 1.23 bits per heavy atom. The van der Waals surface area contributed by atoms with Crippen molar-refractivity contribution in [1.82, 2.24) is 5.32 Å². The number of rotatable bonds is 3. The molecule has 2 aliphatic carbocycles. The summed E-state index contributed by atoms with van der Waals surface area (Å²) in [5, 5.41) is 12.2. The first-order chi connectivity index (χ1) is 10.6. The molecule has 1 aromatic rings. The van der Waals surface area contributed by atoms with Crippen molar-refractivity contribution < 1.29 is 23.8 Å². The van der Waals surface area contributed by atoms with Gasteiger partial charge in [0.25, 0.3) is 5.91 Å². The molecule has 2 heterocycles. The molecule has 0 spiro atoms. The van der Waals surface area contributed by atoms with Gasteiger partial charge in [-0.15, -0.1) is 0 Å². The van der Waals surface area contributed by atoms with Crippen LogP contribution in [0.4, 0.5) is 0 Å². The molecule has 0 saturated heterocycles. The highest BCUT2D eigenvalue weighted by Crippen LogP contribution is 2.48. The van der Waals surface area contributed by atoms with Gasteiger partial charge in [-0.05, 0) is 31.1 Å². The quantitative estimate of drug-likeness (QED) is 0.885. The monoisotopic (exact) mass is 305 g/mol. The van der Waals surface area contributed by atoms with Crippen LogP contribution in [0.25, 0.3) is 0 Å².